The van der Waals surface area contributed by atoms with Gasteiger partial charge in [-0.1, -0.05) is 13.8 Å². The molecule has 15 heavy (non-hydrogen) atoms. The van der Waals surface area contributed by atoms with Crippen molar-refractivity contribution in [2.45, 2.75) is 51.3 Å². The van der Waals surface area contributed by atoms with Gasteiger partial charge in [-0.05, 0) is 49.2 Å². The maximum absolute atomic E-state index is 6.28. The van der Waals surface area contributed by atoms with Gasteiger partial charge < -0.3 is 0 Å². The zero-order valence-corrected chi connectivity index (χ0v) is 11.2. The average Bonchev–Trinajstić information content (AvgIpc) is 2.56. The number of halogens is 1. The van der Waals surface area contributed by atoms with Gasteiger partial charge in [-0.25, -0.2) is 0 Å². The van der Waals surface area contributed by atoms with Crippen molar-refractivity contribution in [3.63, 3.8) is 0 Å². The van der Waals surface area contributed by atoms with Gasteiger partial charge in [0, 0.05) is 16.2 Å². The predicted molar refractivity (Wildman–Crippen MR) is 66.9 cm³/mol. The summed E-state index contributed by atoms with van der Waals surface area (Å²) in [4.78, 5) is 1.42. The van der Waals surface area contributed by atoms with Gasteiger partial charge in [0.2, 0.25) is 0 Å². The maximum Gasteiger partial charge on any atom is 0.0514 e. The Balaban J connectivity index is 2.25. The Hall–Kier alpha value is -0.0800. The molecule has 2 atom stereocenters. The van der Waals surface area contributed by atoms with Crippen molar-refractivity contribution >= 4 is 23.1 Å². The number of hydrogen-bond donors (Lipinski definition) is 0. The van der Waals surface area contributed by atoms with Gasteiger partial charge in [0.05, 0.1) is 5.69 Å². The van der Waals surface area contributed by atoms with Crippen molar-refractivity contribution in [2.24, 2.45) is 5.41 Å². The van der Waals surface area contributed by atoms with Crippen LogP contribution >= 0.6 is 23.1 Å². The molecular weight excluding hydrogens is 226 g/mol. The number of aromatic nitrogens is 1. The van der Waals surface area contributed by atoms with E-state index < -0.39 is 0 Å². The molecule has 1 aliphatic rings. The maximum atomic E-state index is 6.28. The molecule has 1 nitrogen and oxygen atoms in total. The number of nitrogens with zero attached hydrogens (tertiary/aromatic N) is 1. The van der Waals surface area contributed by atoms with Crippen molar-refractivity contribution < 1.29 is 0 Å². The molecule has 0 N–H and O–H groups in total. The first-order valence-corrected chi connectivity index (χ1v) is 6.77. The number of hydrogen-bond acceptors (Lipinski definition) is 2. The lowest BCUT2D eigenvalue weighted by atomic mass is 9.68. The van der Waals surface area contributed by atoms with Gasteiger partial charge in [0.1, 0.15) is 0 Å². The number of aryl methyl sites for hydroxylation is 1. The Morgan fingerprint density at radius 2 is 2.27 bits per heavy atom. The van der Waals surface area contributed by atoms with Crippen LogP contribution in [0.1, 0.15) is 49.6 Å². The second-order valence-electron chi connectivity index (χ2n) is 5.28. The van der Waals surface area contributed by atoms with Crippen LogP contribution in [0.3, 0.4) is 0 Å². The third-order valence-corrected chi connectivity index (χ3v) is 4.92. The minimum atomic E-state index is 0.352. The Labute approximate surface area is 101 Å². The molecule has 0 saturated heterocycles. The first kappa shape index (κ1) is 11.4. The summed E-state index contributed by atoms with van der Waals surface area (Å²) in [5, 5.41) is 0.352. The van der Waals surface area contributed by atoms with Crippen LogP contribution in [0.2, 0.25) is 0 Å². The largest absolute Gasteiger partial charge is 0.198 e. The first-order chi connectivity index (χ1) is 6.99. The van der Waals surface area contributed by atoms with E-state index in [0.29, 0.717) is 16.7 Å². The normalized spacial score (nSPS) is 30.4. The van der Waals surface area contributed by atoms with Crippen molar-refractivity contribution in [1.29, 1.82) is 0 Å². The molecule has 1 fully saturated rings. The third kappa shape index (κ3) is 2.36. The molecule has 0 radical (unpaired) electrons. The van der Waals surface area contributed by atoms with Crippen molar-refractivity contribution in [2.75, 3.05) is 0 Å². The van der Waals surface area contributed by atoms with Crippen molar-refractivity contribution in [1.82, 2.24) is 4.37 Å². The van der Waals surface area contributed by atoms with Crippen LogP contribution in [-0.4, -0.2) is 9.75 Å². The van der Waals surface area contributed by atoms with Gasteiger partial charge in [0.25, 0.3) is 0 Å². The second kappa shape index (κ2) is 4.06. The molecule has 1 aromatic rings. The first-order valence-electron chi connectivity index (χ1n) is 5.56. The minimum absolute atomic E-state index is 0.352. The highest BCUT2D eigenvalue weighted by atomic mass is 35.5. The fraction of sp³-hybridized carbons (Fsp3) is 0.750. The molecule has 84 valence electrons. The summed E-state index contributed by atoms with van der Waals surface area (Å²) in [6.07, 6.45) is 3.49. The summed E-state index contributed by atoms with van der Waals surface area (Å²) in [6.45, 7) is 6.78. The van der Waals surface area contributed by atoms with Crippen LogP contribution in [0.15, 0.2) is 6.07 Å². The standard InChI is InChI=1S/C12H18ClNS/c1-8-6-11(15-14-8)10-7-9(13)4-5-12(10,2)3/h6,9-10H,4-5,7H2,1-3H3. The SMILES string of the molecule is Cc1cc(C2CC(Cl)CCC2(C)C)sn1. The smallest absolute Gasteiger partial charge is 0.0514 e. The number of alkyl halides is 1. The fourth-order valence-corrected chi connectivity index (χ4v) is 3.80. The summed E-state index contributed by atoms with van der Waals surface area (Å²) in [5.74, 6) is 0.597. The van der Waals surface area contributed by atoms with E-state index in [9.17, 15) is 0 Å². The topological polar surface area (TPSA) is 12.9 Å². The Morgan fingerprint density at radius 3 is 2.87 bits per heavy atom. The molecule has 3 heteroatoms. The van der Waals surface area contributed by atoms with E-state index in [-0.39, 0.29) is 0 Å². The van der Waals surface area contributed by atoms with Gasteiger partial charge in [-0.15, -0.1) is 11.6 Å². The van der Waals surface area contributed by atoms with Crippen LogP contribution in [0.5, 0.6) is 0 Å². The molecule has 0 spiro atoms. The molecular formula is C12H18ClNS. The molecule has 2 unspecified atom stereocenters. The summed E-state index contributed by atoms with van der Waals surface area (Å²) in [6, 6.07) is 2.23. The van der Waals surface area contributed by atoms with E-state index >= 15 is 0 Å². The van der Waals surface area contributed by atoms with Gasteiger partial charge in [-0.3, -0.25) is 0 Å². The highest BCUT2D eigenvalue weighted by Crippen LogP contribution is 2.49. The summed E-state index contributed by atoms with van der Waals surface area (Å²) >= 11 is 7.93. The highest BCUT2D eigenvalue weighted by molar-refractivity contribution is 7.05. The lowest BCUT2D eigenvalue weighted by Gasteiger charge is -2.39. The van der Waals surface area contributed by atoms with E-state index in [1.165, 1.54) is 11.3 Å². The minimum Gasteiger partial charge on any atom is -0.198 e. The predicted octanol–water partition coefficient (Wildman–Crippen LogP) is 4.35. The van der Waals surface area contributed by atoms with E-state index in [0.717, 1.165) is 18.5 Å². The molecule has 1 heterocycles. The number of rotatable bonds is 1. The molecule has 0 amide bonds. The third-order valence-electron chi connectivity index (χ3n) is 3.53. The lowest BCUT2D eigenvalue weighted by Crippen LogP contribution is -2.30. The highest BCUT2D eigenvalue weighted by Gasteiger charge is 2.37. The molecule has 2 rings (SSSR count). The van der Waals surface area contributed by atoms with Crippen LogP contribution < -0.4 is 0 Å². The molecule has 1 saturated carbocycles. The van der Waals surface area contributed by atoms with Crippen LogP contribution in [-0.2, 0) is 0 Å². The van der Waals surface area contributed by atoms with E-state index in [1.54, 1.807) is 11.5 Å². The summed E-state index contributed by atoms with van der Waals surface area (Å²) in [7, 11) is 0. The zero-order valence-electron chi connectivity index (χ0n) is 9.59. The van der Waals surface area contributed by atoms with Gasteiger partial charge in [-0.2, -0.15) is 4.37 Å². The van der Waals surface area contributed by atoms with E-state index in [4.69, 9.17) is 11.6 Å². The fourth-order valence-electron chi connectivity index (χ4n) is 2.44. The van der Waals surface area contributed by atoms with Gasteiger partial charge >= 0.3 is 0 Å². The summed E-state index contributed by atoms with van der Waals surface area (Å²) < 4.78 is 4.38. The van der Waals surface area contributed by atoms with Crippen LogP contribution in [0, 0.1) is 12.3 Å². The lowest BCUT2D eigenvalue weighted by molar-refractivity contribution is 0.205. The monoisotopic (exact) mass is 243 g/mol. The average molecular weight is 244 g/mol. The van der Waals surface area contributed by atoms with Crippen LogP contribution in [0.25, 0.3) is 0 Å². The molecule has 0 bridgehead atoms. The van der Waals surface area contributed by atoms with Crippen molar-refractivity contribution in [3.8, 4) is 0 Å². The van der Waals surface area contributed by atoms with Gasteiger partial charge in [0.15, 0.2) is 0 Å². The quantitative estimate of drug-likeness (QED) is 0.669. The Bertz CT molecular complexity index is 345. The summed E-state index contributed by atoms with van der Waals surface area (Å²) in [5.41, 5.74) is 1.52. The van der Waals surface area contributed by atoms with Crippen molar-refractivity contribution in [3.05, 3.63) is 16.6 Å². The van der Waals surface area contributed by atoms with Crippen LogP contribution in [0.4, 0.5) is 0 Å². The molecule has 1 aromatic heterocycles. The molecule has 0 aliphatic heterocycles. The van der Waals surface area contributed by atoms with E-state index in [2.05, 4.69) is 31.2 Å². The van der Waals surface area contributed by atoms with E-state index in [1.807, 2.05) is 0 Å². The molecule has 0 aromatic carbocycles. The Morgan fingerprint density at radius 1 is 1.53 bits per heavy atom. The Kier molecular flexibility index (Phi) is 3.09. The second-order valence-corrected chi connectivity index (χ2v) is 6.74. The zero-order chi connectivity index (χ0) is 11.1. The molecule has 1 aliphatic carbocycles.